The van der Waals surface area contributed by atoms with Gasteiger partial charge in [0.15, 0.2) is 0 Å². The van der Waals surface area contributed by atoms with Crippen LogP contribution in [0.4, 0.5) is 5.69 Å². The average Bonchev–Trinajstić information content (AvgIpc) is 2.63. The zero-order valence-electron chi connectivity index (χ0n) is 12.9. The third kappa shape index (κ3) is 3.36. The highest BCUT2D eigenvalue weighted by Gasteiger charge is 2.17. The molecule has 0 unspecified atom stereocenters. The molecule has 24 heavy (non-hydrogen) atoms. The molecule has 7 heteroatoms. The van der Waals surface area contributed by atoms with Crippen molar-refractivity contribution in [1.29, 1.82) is 0 Å². The predicted molar refractivity (Wildman–Crippen MR) is 91.3 cm³/mol. The third-order valence-corrected chi connectivity index (χ3v) is 4.74. The Bertz CT molecular complexity index is 927. The molecule has 6 nitrogen and oxygen atoms in total. The van der Waals surface area contributed by atoms with Crippen LogP contribution in [0.25, 0.3) is 11.3 Å². The molecule has 0 aliphatic rings. The first kappa shape index (κ1) is 15.9. The first-order valence-corrected chi connectivity index (χ1v) is 8.61. The normalized spacial score (nSPS) is 11.0. The van der Waals surface area contributed by atoms with Crippen molar-refractivity contribution in [1.82, 2.24) is 9.97 Å². The van der Waals surface area contributed by atoms with Crippen molar-refractivity contribution in [2.24, 2.45) is 0 Å². The average molecular weight is 341 g/mol. The van der Waals surface area contributed by atoms with Crippen molar-refractivity contribution >= 4 is 15.7 Å². The highest BCUT2D eigenvalue weighted by Crippen LogP contribution is 2.27. The second kappa shape index (κ2) is 6.67. The van der Waals surface area contributed by atoms with E-state index in [0.717, 1.165) is 5.56 Å². The van der Waals surface area contributed by atoms with E-state index in [-0.39, 0.29) is 4.90 Å². The lowest BCUT2D eigenvalue weighted by molar-refractivity contribution is 0.414. The van der Waals surface area contributed by atoms with Crippen LogP contribution in [0.5, 0.6) is 5.75 Å². The van der Waals surface area contributed by atoms with Crippen LogP contribution < -0.4 is 9.46 Å². The molecular formula is C17H15N3O3S. The minimum atomic E-state index is -3.73. The molecule has 2 heterocycles. The molecule has 0 saturated carbocycles. The Morgan fingerprint density at radius 1 is 1.00 bits per heavy atom. The smallest absolute Gasteiger partial charge is 0.261 e. The Morgan fingerprint density at radius 2 is 1.75 bits per heavy atom. The molecule has 0 bridgehead atoms. The number of benzene rings is 1. The number of ether oxygens (including phenoxy) is 1. The minimum Gasteiger partial charge on any atom is -0.497 e. The van der Waals surface area contributed by atoms with Gasteiger partial charge in [-0.1, -0.05) is 0 Å². The SMILES string of the molecule is COc1ccc(S(=O)(=O)Nc2cccnc2-c2cccnc2)cc1. The molecule has 3 aromatic rings. The number of anilines is 1. The van der Waals surface area contributed by atoms with Crippen LogP contribution in [-0.2, 0) is 10.0 Å². The fourth-order valence-corrected chi connectivity index (χ4v) is 3.25. The summed E-state index contributed by atoms with van der Waals surface area (Å²) < 4.78 is 32.8. The molecule has 0 aliphatic carbocycles. The zero-order valence-corrected chi connectivity index (χ0v) is 13.7. The van der Waals surface area contributed by atoms with Gasteiger partial charge >= 0.3 is 0 Å². The summed E-state index contributed by atoms with van der Waals surface area (Å²) >= 11 is 0. The molecule has 0 amide bonds. The summed E-state index contributed by atoms with van der Waals surface area (Å²) in [5.41, 5.74) is 1.63. The third-order valence-electron chi connectivity index (χ3n) is 3.36. The summed E-state index contributed by atoms with van der Waals surface area (Å²) in [4.78, 5) is 8.45. The molecule has 0 spiro atoms. The molecule has 1 aromatic carbocycles. The van der Waals surface area contributed by atoms with Crippen molar-refractivity contribution in [3.8, 4) is 17.0 Å². The molecule has 122 valence electrons. The Hall–Kier alpha value is -2.93. The van der Waals surface area contributed by atoms with E-state index in [9.17, 15) is 8.42 Å². The Kier molecular flexibility index (Phi) is 4.43. The first-order valence-electron chi connectivity index (χ1n) is 7.12. The number of hydrogen-bond donors (Lipinski definition) is 1. The molecule has 3 rings (SSSR count). The van der Waals surface area contributed by atoms with Gasteiger partial charge < -0.3 is 4.74 Å². The quantitative estimate of drug-likeness (QED) is 0.771. The lowest BCUT2D eigenvalue weighted by Crippen LogP contribution is -2.14. The van der Waals surface area contributed by atoms with E-state index in [1.165, 1.54) is 19.2 Å². The second-order valence-corrected chi connectivity index (χ2v) is 6.60. The van der Waals surface area contributed by atoms with Crippen LogP contribution in [0.3, 0.4) is 0 Å². The molecule has 0 aliphatic heterocycles. The van der Waals surface area contributed by atoms with E-state index in [0.29, 0.717) is 17.1 Å². The van der Waals surface area contributed by atoms with Crippen LogP contribution in [-0.4, -0.2) is 25.5 Å². The fraction of sp³-hybridized carbons (Fsp3) is 0.0588. The van der Waals surface area contributed by atoms with Gasteiger partial charge in [0, 0.05) is 24.2 Å². The second-order valence-electron chi connectivity index (χ2n) is 4.92. The van der Waals surface area contributed by atoms with Gasteiger partial charge in [-0.2, -0.15) is 0 Å². The van der Waals surface area contributed by atoms with Gasteiger partial charge in [-0.05, 0) is 48.5 Å². The summed E-state index contributed by atoms with van der Waals surface area (Å²) in [5, 5.41) is 0. The van der Waals surface area contributed by atoms with E-state index in [1.54, 1.807) is 48.9 Å². The van der Waals surface area contributed by atoms with Crippen molar-refractivity contribution in [2.45, 2.75) is 4.90 Å². The Morgan fingerprint density at radius 3 is 2.42 bits per heavy atom. The summed E-state index contributed by atoms with van der Waals surface area (Å²) in [6.45, 7) is 0. The summed E-state index contributed by atoms with van der Waals surface area (Å²) in [7, 11) is -2.21. The van der Waals surface area contributed by atoms with E-state index in [4.69, 9.17) is 4.74 Å². The van der Waals surface area contributed by atoms with Gasteiger partial charge in [0.1, 0.15) is 5.75 Å². The standard InChI is InChI=1S/C17H15N3O3S/c1-23-14-6-8-15(9-7-14)24(21,22)20-16-5-3-11-19-17(16)13-4-2-10-18-12-13/h2-12,20H,1H3. The fourth-order valence-electron chi connectivity index (χ4n) is 2.18. The van der Waals surface area contributed by atoms with Gasteiger partial charge in [-0.3, -0.25) is 14.7 Å². The summed E-state index contributed by atoms with van der Waals surface area (Å²) in [5.74, 6) is 0.589. The molecule has 0 atom stereocenters. The van der Waals surface area contributed by atoms with Crippen LogP contribution in [0.1, 0.15) is 0 Å². The van der Waals surface area contributed by atoms with E-state index < -0.39 is 10.0 Å². The highest BCUT2D eigenvalue weighted by molar-refractivity contribution is 7.92. The van der Waals surface area contributed by atoms with Crippen molar-refractivity contribution < 1.29 is 13.2 Å². The zero-order chi connectivity index (χ0) is 17.0. The Balaban J connectivity index is 1.96. The maximum atomic E-state index is 12.6. The number of nitrogens with one attached hydrogen (secondary N) is 1. The van der Waals surface area contributed by atoms with Crippen LogP contribution in [0.2, 0.25) is 0 Å². The van der Waals surface area contributed by atoms with E-state index >= 15 is 0 Å². The van der Waals surface area contributed by atoms with E-state index in [1.807, 2.05) is 6.07 Å². The monoisotopic (exact) mass is 341 g/mol. The molecule has 0 radical (unpaired) electrons. The van der Waals surface area contributed by atoms with Crippen LogP contribution in [0, 0.1) is 0 Å². The topological polar surface area (TPSA) is 81.2 Å². The Labute approximate surface area is 140 Å². The minimum absolute atomic E-state index is 0.143. The first-order chi connectivity index (χ1) is 11.6. The number of pyridine rings is 2. The number of sulfonamides is 1. The molecule has 0 fully saturated rings. The van der Waals surface area contributed by atoms with Crippen molar-refractivity contribution in [3.63, 3.8) is 0 Å². The maximum absolute atomic E-state index is 12.6. The predicted octanol–water partition coefficient (Wildman–Crippen LogP) is 2.95. The van der Waals surface area contributed by atoms with Crippen LogP contribution in [0.15, 0.2) is 72.0 Å². The lowest BCUT2D eigenvalue weighted by atomic mass is 10.1. The lowest BCUT2D eigenvalue weighted by Gasteiger charge is -2.12. The van der Waals surface area contributed by atoms with Gasteiger partial charge in [-0.25, -0.2) is 8.42 Å². The number of aromatic nitrogens is 2. The summed E-state index contributed by atoms with van der Waals surface area (Å²) in [6, 6.07) is 13.1. The molecule has 2 aromatic heterocycles. The number of rotatable bonds is 5. The number of methoxy groups -OCH3 is 1. The van der Waals surface area contributed by atoms with Gasteiger partial charge in [0.05, 0.1) is 23.4 Å². The van der Waals surface area contributed by atoms with Crippen molar-refractivity contribution in [3.05, 3.63) is 67.1 Å². The highest BCUT2D eigenvalue weighted by atomic mass is 32.2. The largest absolute Gasteiger partial charge is 0.497 e. The van der Waals surface area contributed by atoms with Gasteiger partial charge in [-0.15, -0.1) is 0 Å². The number of nitrogens with zero attached hydrogens (tertiary/aromatic N) is 2. The van der Waals surface area contributed by atoms with Gasteiger partial charge in [0.2, 0.25) is 0 Å². The number of hydrogen-bond acceptors (Lipinski definition) is 5. The van der Waals surface area contributed by atoms with Crippen LogP contribution >= 0.6 is 0 Å². The molecular weight excluding hydrogens is 326 g/mol. The molecule has 1 N–H and O–H groups in total. The molecule has 0 saturated heterocycles. The maximum Gasteiger partial charge on any atom is 0.261 e. The van der Waals surface area contributed by atoms with Gasteiger partial charge in [0.25, 0.3) is 10.0 Å². The van der Waals surface area contributed by atoms with E-state index in [2.05, 4.69) is 14.7 Å². The summed E-state index contributed by atoms with van der Waals surface area (Å²) in [6.07, 6.45) is 4.88. The van der Waals surface area contributed by atoms with Crippen molar-refractivity contribution in [2.75, 3.05) is 11.8 Å².